The smallest absolute Gasteiger partial charge is 0.271 e. The Labute approximate surface area is 117 Å². The predicted octanol–water partition coefficient (Wildman–Crippen LogP) is 3.09. The lowest BCUT2D eigenvalue weighted by Crippen LogP contribution is -2.11. The van der Waals surface area contributed by atoms with Crippen molar-refractivity contribution in [2.45, 2.75) is 17.6 Å². The summed E-state index contributed by atoms with van der Waals surface area (Å²) in [5.41, 5.74) is 1.11. The van der Waals surface area contributed by atoms with Gasteiger partial charge in [-0.25, -0.2) is 8.42 Å². The van der Waals surface area contributed by atoms with Crippen molar-refractivity contribution in [3.63, 3.8) is 0 Å². The molecule has 0 unspecified atom stereocenters. The molecule has 1 heterocycles. The Balaban J connectivity index is 2.28. The number of anilines is 1. The summed E-state index contributed by atoms with van der Waals surface area (Å²) in [6, 6.07) is 10.2. The first-order chi connectivity index (χ1) is 9.05. The molecule has 0 amide bonds. The van der Waals surface area contributed by atoms with Gasteiger partial charge in [-0.05, 0) is 36.8 Å². The summed E-state index contributed by atoms with van der Waals surface area (Å²) in [6.45, 7) is 1.99. The van der Waals surface area contributed by atoms with Crippen LogP contribution in [0.15, 0.2) is 40.6 Å². The van der Waals surface area contributed by atoms with Gasteiger partial charge in [0.05, 0.1) is 5.69 Å². The monoisotopic (exact) mass is 291 g/mol. The maximum atomic E-state index is 12.2. The van der Waals surface area contributed by atoms with Crippen molar-refractivity contribution < 1.29 is 8.42 Å². The second-order valence-electron chi connectivity index (χ2n) is 3.90. The standard InChI is InChI=1S/C14H13NO2S2/c1-3-11-6-5-7-12(10-11)15-19(16,17)14-9-8-13(4-2)18-14/h1,5-10,15H,4H2,2H3. The van der Waals surface area contributed by atoms with Gasteiger partial charge in [-0.1, -0.05) is 18.9 Å². The van der Waals surface area contributed by atoms with E-state index in [4.69, 9.17) is 6.42 Å². The summed E-state index contributed by atoms with van der Waals surface area (Å²) < 4.78 is 27.2. The van der Waals surface area contributed by atoms with E-state index in [9.17, 15) is 8.42 Å². The lowest BCUT2D eigenvalue weighted by atomic mass is 10.2. The molecule has 0 saturated heterocycles. The number of benzene rings is 1. The van der Waals surface area contributed by atoms with E-state index in [1.807, 2.05) is 13.0 Å². The molecule has 0 saturated carbocycles. The molecule has 1 aromatic carbocycles. The van der Waals surface area contributed by atoms with Crippen LogP contribution in [-0.2, 0) is 16.4 Å². The van der Waals surface area contributed by atoms with Crippen LogP contribution >= 0.6 is 11.3 Å². The van der Waals surface area contributed by atoms with Crippen LogP contribution in [0.2, 0.25) is 0 Å². The van der Waals surface area contributed by atoms with Crippen LogP contribution in [0, 0.1) is 12.3 Å². The van der Waals surface area contributed by atoms with Crippen LogP contribution in [0.25, 0.3) is 0 Å². The van der Waals surface area contributed by atoms with Crippen molar-refractivity contribution in [3.8, 4) is 12.3 Å². The molecule has 0 bridgehead atoms. The molecule has 5 heteroatoms. The number of sulfonamides is 1. The number of hydrogen-bond acceptors (Lipinski definition) is 3. The Hall–Kier alpha value is -1.77. The quantitative estimate of drug-likeness (QED) is 0.880. The maximum absolute atomic E-state index is 12.2. The fourth-order valence-corrected chi connectivity index (χ4v) is 3.92. The second-order valence-corrected chi connectivity index (χ2v) is 6.98. The third kappa shape index (κ3) is 3.16. The molecule has 0 radical (unpaired) electrons. The van der Waals surface area contributed by atoms with Crippen molar-refractivity contribution in [1.82, 2.24) is 0 Å². The summed E-state index contributed by atoms with van der Waals surface area (Å²) in [7, 11) is -3.53. The Morgan fingerprint density at radius 2 is 2.11 bits per heavy atom. The molecule has 3 nitrogen and oxygen atoms in total. The van der Waals surface area contributed by atoms with Gasteiger partial charge < -0.3 is 0 Å². The summed E-state index contributed by atoms with van der Waals surface area (Å²) in [5, 5.41) is 0. The van der Waals surface area contributed by atoms with E-state index in [0.29, 0.717) is 15.5 Å². The zero-order chi connectivity index (χ0) is 13.9. The first kappa shape index (κ1) is 13.7. The lowest BCUT2D eigenvalue weighted by Gasteiger charge is -2.06. The highest BCUT2D eigenvalue weighted by atomic mass is 32.2. The highest BCUT2D eigenvalue weighted by molar-refractivity contribution is 7.94. The summed E-state index contributed by atoms with van der Waals surface area (Å²) >= 11 is 1.28. The van der Waals surface area contributed by atoms with Gasteiger partial charge in [0.15, 0.2) is 0 Å². The largest absolute Gasteiger partial charge is 0.279 e. The van der Waals surface area contributed by atoms with E-state index in [2.05, 4.69) is 10.6 Å². The second kappa shape index (κ2) is 5.47. The highest BCUT2D eigenvalue weighted by Crippen LogP contribution is 2.24. The Morgan fingerprint density at radius 3 is 2.74 bits per heavy atom. The van der Waals surface area contributed by atoms with Crippen molar-refractivity contribution in [2.75, 3.05) is 4.72 Å². The Morgan fingerprint density at radius 1 is 1.32 bits per heavy atom. The molecule has 2 aromatic rings. The first-order valence-corrected chi connectivity index (χ1v) is 8.03. The molecular formula is C14H13NO2S2. The predicted molar refractivity (Wildman–Crippen MR) is 78.9 cm³/mol. The van der Waals surface area contributed by atoms with Crippen molar-refractivity contribution >= 4 is 27.0 Å². The Bertz CT molecular complexity index is 724. The molecule has 0 aliphatic heterocycles. The molecule has 0 aliphatic rings. The number of aryl methyl sites for hydroxylation is 1. The first-order valence-electron chi connectivity index (χ1n) is 5.73. The fourth-order valence-electron chi connectivity index (χ4n) is 1.57. The number of thiophene rings is 1. The van der Waals surface area contributed by atoms with E-state index < -0.39 is 10.0 Å². The van der Waals surface area contributed by atoms with E-state index >= 15 is 0 Å². The molecule has 1 N–H and O–H groups in total. The number of rotatable bonds is 4. The third-order valence-electron chi connectivity index (χ3n) is 2.53. The number of terminal acetylenes is 1. The number of hydrogen-bond donors (Lipinski definition) is 1. The van der Waals surface area contributed by atoms with Gasteiger partial charge in [-0.15, -0.1) is 17.8 Å². The minimum Gasteiger partial charge on any atom is -0.279 e. The van der Waals surface area contributed by atoms with Gasteiger partial charge in [0.1, 0.15) is 4.21 Å². The molecule has 0 spiro atoms. The molecule has 0 atom stereocenters. The highest BCUT2D eigenvalue weighted by Gasteiger charge is 2.16. The van der Waals surface area contributed by atoms with Gasteiger partial charge in [0.25, 0.3) is 10.0 Å². The fraction of sp³-hybridized carbons (Fsp3) is 0.143. The molecular weight excluding hydrogens is 278 g/mol. The SMILES string of the molecule is C#Cc1cccc(NS(=O)(=O)c2ccc(CC)s2)c1. The zero-order valence-corrected chi connectivity index (χ0v) is 12.0. The van der Waals surface area contributed by atoms with E-state index in [1.165, 1.54) is 11.3 Å². The Kier molecular flexibility index (Phi) is 3.93. The van der Waals surface area contributed by atoms with E-state index in [0.717, 1.165) is 11.3 Å². The normalized spacial score (nSPS) is 10.9. The van der Waals surface area contributed by atoms with Crippen molar-refractivity contribution in [3.05, 3.63) is 46.8 Å². The summed E-state index contributed by atoms with van der Waals surface area (Å²) in [6.07, 6.45) is 6.12. The van der Waals surface area contributed by atoms with Gasteiger partial charge >= 0.3 is 0 Å². The average Bonchev–Trinajstić information content (AvgIpc) is 2.88. The lowest BCUT2D eigenvalue weighted by molar-refractivity contribution is 0.603. The van der Waals surface area contributed by atoms with Gasteiger partial charge in [-0.2, -0.15) is 0 Å². The molecule has 1 aromatic heterocycles. The minimum absolute atomic E-state index is 0.315. The van der Waals surface area contributed by atoms with Crippen LogP contribution in [0.4, 0.5) is 5.69 Å². The van der Waals surface area contributed by atoms with E-state index in [-0.39, 0.29) is 0 Å². The maximum Gasteiger partial charge on any atom is 0.271 e. The zero-order valence-electron chi connectivity index (χ0n) is 10.4. The molecule has 2 rings (SSSR count). The van der Waals surface area contributed by atoms with Crippen molar-refractivity contribution in [1.29, 1.82) is 0 Å². The summed E-state index contributed by atoms with van der Waals surface area (Å²) in [4.78, 5) is 1.04. The number of nitrogens with one attached hydrogen (secondary N) is 1. The van der Waals surface area contributed by atoms with Crippen LogP contribution in [0.1, 0.15) is 17.4 Å². The van der Waals surface area contributed by atoms with Gasteiger partial charge in [-0.3, -0.25) is 4.72 Å². The molecule has 98 valence electrons. The molecule has 0 aliphatic carbocycles. The summed E-state index contributed by atoms with van der Waals surface area (Å²) in [5.74, 6) is 2.47. The molecule has 0 fully saturated rings. The molecule has 19 heavy (non-hydrogen) atoms. The minimum atomic E-state index is -3.53. The van der Waals surface area contributed by atoms with E-state index in [1.54, 1.807) is 30.3 Å². The van der Waals surface area contributed by atoms with Crippen molar-refractivity contribution in [2.24, 2.45) is 0 Å². The van der Waals surface area contributed by atoms with Crippen LogP contribution in [0.5, 0.6) is 0 Å². The average molecular weight is 291 g/mol. The van der Waals surface area contributed by atoms with Crippen LogP contribution in [-0.4, -0.2) is 8.42 Å². The van der Waals surface area contributed by atoms with Gasteiger partial charge in [0.2, 0.25) is 0 Å². The third-order valence-corrected chi connectivity index (χ3v) is 5.63. The van der Waals surface area contributed by atoms with Crippen LogP contribution in [0.3, 0.4) is 0 Å². The van der Waals surface area contributed by atoms with Crippen LogP contribution < -0.4 is 4.72 Å². The van der Waals surface area contributed by atoms with Gasteiger partial charge in [0, 0.05) is 10.4 Å². The topological polar surface area (TPSA) is 46.2 Å².